The maximum absolute atomic E-state index is 12.7. The molecule has 1 fully saturated rings. The fourth-order valence-corrected chi connectivity index (χ4v) is 4.39. The van der Waals surface area contributed by atoms with E-state index >= 15 is 0 Å². The molecule has 1 amide bonds. The minimum Gasteiger partial charge on any atom is -0.493 e. The van der Waals surface area contributed by atoms with Crippen LogP contribution in [0.4, 0.5) is 0 Å². The third-order valence-electron chi connectivity index (χ3n) is 5.80. The third-order valence-corrected chi connectivity index (χ3v) is 6.08. The average molecular weight is 457 g/mol. The highest BCUT2D eigenvalue weighted by Gasteiger charge is 2.21. The lowest BCUT2D eigenvalue weighted by Crippen LogP contribution is -2.47. The maximum atomic E-state index is 12.7. The standard InChI is InChI=1S/C25H29ClN2O4/c1-3-31-25-21(26)15-18(16-23(25)30-2)5-7-24(29)28-11-9-27(10-12-28)17-19-4-6-22-20(14-19)8-13-32-22/h4-7,14-16H,3,8-13,17H2,1-2H3/b7-5+. The van der Waals surface area contributed by atoms with Crippen molar-refractivity contribution in [3.05, 3.63) is 58.1 Å². The van der Waals surface area contributed by atoms with Crippen molar-refractivity contribution in [2.24, 2.45) is 0 Å². The molecule has 0 aliphatic carbocycles. The molecular weight excluding hydrogens is 428 g/mol. The van der Waals surface area contributed by atoms with Crippen LogP contribution in [0.5, 0.6) is 17.2 Å². The van der Waals surface area contributed by atoms with Crippen molar-refractivity contribution in [2.45, 2.75) is 19.9 Å². The lowest BCUT2D eigenvalue weighted by Gasteiger charge is -2.34. The molecule has 32 heavy (non-hydrogen) atoms. The van der Waals surface area contributed by atoms with E-state index in [1.165, 1.54) is 11.1 Å². The number of rotatable bonds is 7. The van der Waals surface area contributed by atoms with E-state index in [9.17, 15) is 4.79 Å². The van der Waals surface area contributed by atoms with E-state index in [0.29, 0.717) is 36.2 Å². The molecule has 2 aliphatic heterocycles. The summed E-state index contributed by atoms with van der Waals surface area (Å²) < 4.78 is 16.5. The Hall–Kier alpha value is -2.70. The topological polar surface area (TPSA) is 51.2 Å². The fourth-order valence-electron chi connectivity index (χ4n) is 4.12. The molecule has 0 unspecified atom stereocenters. The number of carbonyl (C=O) groups is 1. The van der Waals surface area contributed by atoms with Gasteiger partial charge in [0.1, 0.15) is 5.75 Å². The van der Waals surface area contributed by atoms with E-state index in [2.05, 4.69) is 23.1 Å². The van der Waals surface area contributed by atoms with Crippen LogP contribution in [0.15, 0.2) is 36.4 Å². The van der Waals surface area contributed by atoms with Crippen LogP contribution < -0.4 is 14.2 Å². The van der Waals surface area contributed by atoms with Gasteiger partial charge in [-0.25, -0.2) is 0 Å². The molecule has 4 rings (SSSR count). The van der Waals surface area contributed by atoms with Gasteiger partial charge in [0.25, 0.3) is 0 Å². The van der Waals surface area contributed by atoms with Gasteiger partial charge in [-0.1, -0.05) is 23.7 Å². The molecule has 2 aromatic carbocycles. The van der Waals surface area contributed by atoms with Gasteiger partial charge in [-0.3, -0.25) is 9.69 Å². The van der Waals surface area contributed by atoms with E-state index in [1.807, 2.05) is 17.9 Å². The second kappa shape index (κ2) is 10.3. The van der Waals surface area contributed by atoms with Crippen LogP contribution in [0.1, 0.15) is 23.6 Å². The Balaban J connectivity index is 1.31. The maximum Gasteiger partial charge on any atom is 0.246 e. The highest BCUT2D eigenvalue weighted by atomic mass is 35.5. The zero-order valence-corrected chi connectivity index (χ0v) is 19.4. The van der Waals surface area contributed by atoms with Crippen molar-refractivity contribution in [2.75, 3.05) is 46.5 Å². The molecule has 2 aromatic rings. The Kier molecular flexibility index (Phi) is 7.22. The number of methoxy groups -OCH3 is 1. The first-order valence-corrected chi connectivity index (χ1v) is 11.4. The first kappa shape index (κ1) is 22.5. The predicted molar refractivity (Wildman–Crippen MR) is 126 cm³/mol. The first-order chi connectivity index (χ1) is 15.6. The number of amides is 1. The molecule has 2 aliphatic rings. The van der Waals surface area contributed by atoms with Gasteiger partial charge in [0.2, 0.25) is 5.91 Å². The van der Waals surface area contributed by atoms with E-state index in [1.54, 1.807) is 25.3 Å². The van der Waals surface area contributed by atoms with Crippen LogP contribution in [-0.2, 0) is 17.8 Å². The second-order valence-electron chi connectivity index (χ2n) is 7.94. The van der Waals surface area contributed by atoms with E-state index in [0.717, 1.165) is 44.0 Å². The summed E-state index contributed by atoms with van der Waals surface area (Å²) in [4.78, 5) is 17.0. The number of halogens is 1. The van der Waals surface area contributed by atoms with Gasteiger partial charge >= 0.3 is 0 Å². The molecule has 0 spiro atoms. The molecule has 1 saturated heterocycles. The van der Waals surface area contributed by atoms with Crippen molar-refractivity contribution < 1.29 is 19.0 Å². The fraction of sp³-hybridized carbons (Fsp3) is 0.400. The molecule has 0 aromatic heterocycles. The lowest BCUT2D eigenvalue weighted by molar-refractivity contribution is -0.127. The third kappa shape index (κ3) is 5.19. The summed E-state index contributed by atoms with van der Waals surface area (Å²) in [7, 11) is 1.57. The zero-order valence-electron chi connectivity index (χ0n) is 18.6. The van der Waals surface area contributed by atoms with Crippen LogP contribution in [0.2, 0.25) is 5.02 Å². The van der Waals surface area contributed by atoms with Crippen LogP contribution >= 0.6 is 11.6 Å². The largest absolute Gasteiger partial charge is 0.493 e. The van der Waals surface area contributed by atoms with Crippen molar-refractivity contribution in [3.8, 4) is 17.2 Å². The quantitative estimate of drug-likeness (QED) is 0.588. The number of benzene rings is 2. The Morgan fingerprint density at radius 2 is 2.00 bits per heavy atom. The Morgan fingerprint density at radius 1 is 1.19 bits per heavy atom. The summed E-state index contributed by atoms with van der Waals surface area (Å²) in [5.74, 6) is 2.09. The minimum atomic E-state index is 0.00306. The number of piperazine rings is 1. The van der Waals surface area contributed by atoms with Gasteiger partial charge < -0.3 is 19.1 Å². The van der Waals surface area contributed by atoms with Gasteiger partial charge in [0.05, 0.1) is 25.3 Å². The summed E-state index contributed by atoms with van der Waals surface area (Å²) >= 11 is 6.32. The summed E-state index contributed by atoms with van der Waals surface area (Å²) in [5, 5.41) is 0.463. The predicted octanol–water partition coefficient (Wildman–Crippen LogP) is 4.04. The summed E-state index contributed by atoms with van der Waals surface area (Å²) in [6.45, 7) is 7.21. The van der Waals surface area contributed by atoms with Gasteiger partial charge in [-0.2, -0.15) is 0 Å². The molecule has 0 N–H and O–H groups in total. The van der Waals surface area contributed by atoms with Crippen molar-refractivity contribution in [1.29, 1.82) is 0 Å². The summed E-state index contributed by atoms with van der Waals surface area (Å²) in [6, 6.07) is 10.1. The van der Waals surface area contributed by atoms with Crippen molar-refractivity contribution >= 4 is 23.6 Å². The number of carbonyl (C=O) groups excluding carboxylic acids is 1. The summed E-state index contributed by atoms with van der Waals surface area (Å²) in [6.07, 6.45) is 4.36. The monoisotopic (exact) mass is 456 g/mol. The molecule has 0 saturated carbocycles. The van der Waals surface area contributed by atoms with Crippen LogP contribution in [-0.4, -0.2) is 62.2 Å². The van der Waals surface area contributed by atoms with Crippen molar-refractivity contribution in [1.82, 2.24) is 9.80 Å². The molecule has 7 heteroatoms. The minimum absolute atomic E-state index is 0.00306. The number of nitrogens with zero attached hydrogens (tertiary/aromatic N) is 2. The van der Waals surface area contributed by atoms with Crippen LogP contribution in [0.25, 0.3) is 6.08 Å². The zero-order chi connectivity index (χ0) is 22.5. The Labute approximate surface area is 194 Å². The SMILES string of the molecule is CCOc1c(Cl)cc(/C=C/C(=O)N2CCN(Cc3ccc4c(c3)CCO4)CC2)cc1OC. The van der Waals surface area contributed by atoms with Crippen molar-refractivity contribution in [3.63, 3.8) is 0 Å². The van der Waals surface area contributed by atoms with E-state index in [4.69, 9.17) is 25.8 Å². The number of ether oxygens (including phenoxy) is 3. The molecule has 170 valence electrons. The number of hydrogen-bond acceptors (Lipinski definition) is 5. The van der Waals surface area contributed by atoms with Gasteiger partial charge in [0, 0.05) is 45.2 Å². The smallest absolute Gasteiger partial charge is 0.246 e. The van der Waals surface area contributed by atoms with Crippen LogP contribution in [0, 0.1) is 0 Å². The molecular formula is C25H29ClN2O4. The lowest BCUT2D eigenvalue weighted by atomic mass is 10.1. The molecule has 0 radical (unpaired) electrons. The number of fused-ring (bicyclic) bond motifs is 1. The Morgan fingerprint density at radius 3 is 2.75 bits per heavy atom. The highest BCUT2D eigenvalue weighted by Crippen LogP contribution is 2.36. The average Bonchev–Trinajstić information content (AvgIpc) is 3.27. The van der Waals surface area contributed by atoms with Gasteiger partial charge in [0.15, 0.2) is 11.5 Å². The van der Waals surface area contributed by atoms with Gasteiger partial charge in [-0.05, 0) is 47.9 Å². The normalized spacial score (nSPS) is 16.2. The highest BCUT2D eigenvalue weighted by molar-refractivity contribution is 6.32. The van der Waals surface area contributed by atoms with Crippen LogP contribution in [0.3, 0.4) is 0 Å². The summed E-state index contributed by atoms with van der Waals surface area (Å²) in [5.41, 5.74) is 3.39. The van der Waals surface area contributed by atoms with E-state index in [-0.39, 0.29) is 5.91 Å². The molecule has 2 heterocycles. The first-order valence-electron chi connectivity index (χ1n) is 11.0. The number of hydrogen-bond donors (Lipinski definition) is 0. The Bertz CT molecular complexity index is 1000. The molecule has 6 nitrogen and oxygen atoms in total. The van der Waals surface area contributed by atoms with E-state index < -0.39 is 0 Å². The molecule has 0 bridgehead atoms. The second-order valence-corrected chi connectivity index (χ2v) is 8.35. The molecule has 0 atom stereocenters. The van der Waals surface area contributed by atoms with Gasteiger partial charge in [-0.15, -0.1) is 0 Å².